The topological polar surface area (TPSA) is 189 Å². The average Bonchev–Trinajstić information content (AvgIpc) is 3.62. The lowest BCUT2D eigenvalue weighted by Gasteiger charge is -2.22. The summed E-state index contributed by atoms with van der Waals surface area (Å²) in [5.74, 6) is -2.54. The fourth-order valence-corrected chi connectivity index (χ4v) is 8.93. The SMILES string of the molecule is O=C(CC[C@@H](C(=O)Nc1ccc(I)cc1)n1c(=O)c2cc3c(=O)n([C@@H](CCC(=O)OC4CCCCC4)C(=O)Nc4ccc(I)cc4)c(=O)c3cc2c1=O)OC1CCCCC1. The average molecular weight is 1040 g/mol. The molecule has 60 heavy (non-hydrogen) atoms. The monoisotopic (exact) mass is 1040 g/mol. The molecule has 0 bridgehead atoms. The fourth-order valence-electron chi connectivity index (χ4n) is 8.21. The van der Waals surface area contributed by atoms with E-state index >= 15 is 0 Å². The smallest absolute Gasteiger partial charge is 0.306 e. The van der Waals surface area contributed by atoms with E-state index in [0.29, 0.717) is 11.4 Å². The minimum absolute atomic E-state index is 0.213. The Morgan fingerprint density at radius 3 is 1.17 bits per heavy atom. The van der Waals surface area contributed by atoms with Gasteiger partial charge in [0.1, 0.15) is 24.3 Å². The number of amides is 2. The highest BCUT2D eigenvalue weighted by Crippen LogP contribution is 2.26. The van der Waals surface area contributed by atoms with Gasteiger partial charge in [-0.25, -0.2) is 0 Å². The number of carbonyl (C=O) groups excluding carboxylic acids is 4. The van der Waals surface area contributed by atoms with Gasteiger partial charge in [0.25, 0.3) is 22.2 Å². The summed E-state index contributed by atoms with van der Waals surface area (Å²) in [7, 11) is 0. The third kappa shape index (κ3) is 9.90. The van der Waals surface area contributed by atoms with Gasteiger partial charge in [0, 0.05) is 31.4 Å². The van der Waals surface area contributed by atoms with Crippen LogP contribution >= 0.6 is 45.2 Å². The van der Waals surface area contributed by atoms with Crippen molar-refractivity contribution < 1.29 is 28.7 Å². The van der Waals surface area contributed by atoms with E-state index < -0.39 is 58.1 Å². The van der Waals surface area contributed by atoms with Crippen molar-refractivity contribution >= 4 is 102 Å². The largest absolute Gasteiger partial charge is 0.462 e. The molecule has 2 N–H and O–H groups in total. The second-order valence-electron chi connectivity index (χ2n) is 15.5. The first-order valence-corrected chi connectivity index (χ1v) is 22.5. The number of benzene rings is 3. The number of carbonyl (C=O) groups is 4. The molecule has 2 aliphatic carbocycles. The van der Waals surface area contributed by atoms with E-state index in [1.54, 1.807) is 48.5 Å². The van der Waals surface area contributed by atoms with Crippen LogP contribution in [0.25, 0.3) is 21.5 Å². The summed E-state index contributed by atoms with van der Waals surface area (Å²) in [6.45, 7) is 0. The van der Waals surface area contributed by atoms with E-state index in [1.807, 2.05) is 0 Å². The maximum atomic E-state index is 14.2. The van der Waals surface area contributed by atoms with Crippen molar-refractivity contribution in [3.8, 4) is 0 Å². The summed E-state index contributed by atoms with van der Waals surface area (Å²) in [5, 5.41) is 4.63. The van der Waals surface area contributed by atoms with Gasteiger partial charge in [-0.3, -0.25) is 47.5 Å². The van der Waals surface area contributed by atoms with Crippen molar-refractivity contribution in [2.75, 3.05) is 10.6 Å². The van der Waals surface area contributed by atoms with Crippen LogP contribution in [0.2, 0.25) is 0 Å². The number of esters is 2. The molecule has 2 fully saturated rings. The Kier molecular flexibility index (Phi) is 14.0. The number of ether oxygens (including phenoxy) is 2. The van der Waals surface area contributed by atoms with Crippen molar-refractivity contribution in [3.05, 3.63) is 109 Å². The summed E-state index contributed by atoms with van der Waals surface area (Å²) >= 11 is 4.23. The van der Waals surface area contributed by atoms with Gasteiger partial charge < -0.3 is 20.1 Å². The summed E-state index contributed by atoms with van der Waals surface area (Å²) < 4.78 is 14.7. The van der Waals surface area contributed by atoms with E-state index in [1.165, 1.54) is 0 Å². The summed E-state index contributed by atoms with van der Waals surface area (Å²) in [5.41, 5.74) is -2.75. The highest BCUT2D eigenvalue weighted by Gasteiger charge is 2.32. The van der Waals surface area contributed by atoms with Gasteiger partial charge in [-0.05, 0) is 170 Å². The molecule has 2 heterocycles. The minimum Gasteiger partial charge on any atom is -0.462 e. The molecule has 7 rings (SSSR count). The number of fused-ring (bicyclic) bond motifs is 2. The Balaban J connectivity index is 1.23. The Hall–Kier alpha value is -4.72. The van der Waals surface area contributed by atoms with Crippen LogP contribution < -0.4 is 32.9 Å². The second kappa shape index (κ2) is 19.3. The number of aromatic nitrogens is 2. The van der Waals surface area contributed by atoms with Crippen LogP contribution in [0.4, 0.5) is 11.4 Å². The zero-order valence-electron chi connectivity index (χ0n) is 32.7. The van der Waals surface area contributed by atoms with Crippen molar-refractivity contribution in [1.82, 2.24) is 9.13 Å². The van der Waals surface area contributed by atoms with Crippen molar-refractivity contribution in [3.63, 3.8) is 0 Å². The van der Waals surface area contributed by atoms with Crippen LogP contribution in [0.1, 0.15) is 102 Å². The third-order valence-electron chi connectivity index (χ3n) is 11.4. The third-order valence-corrected chi connectivity index (χ3v) is 12.8. The van der Waals surface area contributed by atoms with Gasteiger partial charge >= 0.3 is 11.9 Å². The first-order valence-electron chi connectivity index (χ1n) is 20.3. The number of halogens is 2. The molecule has 0 aliphatic heterocycles. The predicted molar refractivity (Wildman–Crippen MR) is 243 cm³/mol. The van der Waals surface area contributed by atoms with Crippen LogP contribution in [-0.4, -0.2) is 45.1 Å². The molecule has 3 aromatic carbocycles. The Morgan fingerprint density at radius 2 is 0.850 bits per heavy atom. The lowest BCUT2D eigenvalue weighted by atomic mass is 9.98. The van der Waals surface area contributed by atoms with Crippen LogP contribution in [0.5, 0.6) is 0 Å². The lowest BCUT2D eigenvalue weighted by Crippen LogP contribution is -2.38. The number of rotatable bonds is 14. The molecule has 314 valence electrons. The molecule has 2 atom stereocenters. The molecular weight excluding hydrogens is 998 g/mol. The molecule has 2 saturated carbocycles. The number of anilines is 2. The fraction of sp³-hybridized carbons (Fsp3) is 0.409. The number of hydrogen-bond acceptors (Lipinski definition) is 10. The maximum absolute atomic E-state index is 14.2. The molecule has 2 amide bonds. The number of hydrogen-bond donors (Lipinski definition) is 2. The quantitative estimate of drug-likeness (QED) is 0.0885. The predicted octanol–water partition coefficient (Wildman–Crippen LogP) is 6.79. The normalized spacial score (nSPS) is 16.0. The lowest BCUT2D eigenvalue weighted by molar-refractivity contribution is -0.152. The number of nitrogens with one attached hydrogen (secondary N) is 2. The van der Waals surface area contributed by atoms with Crippen molar-refractivity contribution in [1.29, 1.82) is 0 Å². The molecule has 16 heteroatoms. The van der Waals surface area contributed by atoms with Crippen LogP contribution in [0.15, 0.2) is 79.8 Å². The van der Waals surface area contributed by atoms with Gasteiger partial charge in [0.05, 0.1) is 21.5 Å². The zero-order valence-corrected chi connectivity index (χ0v) is 37.0. The maximum Gasteiger partial charge on any atom is 0.306 e. The van der Waals surface area contributed by atoms with Crippen LogP contribution in [0, 0.1) is 7.14 Å². The van der Waals surface area contributed by atoms with Crippen LogP contribution in [-0.2, 0) is 28.7 Å². The minimum atomic E-state index is -1.45. The van der Waals surface area contributed by atoms with E-state index in [2.05, 4.69) is 55.8 Å². The number of nitrogens with zero attached hydrogens (tertiary/aromatic N) is 2. The molecule has 2 aromatic heterocycles. The van der Waals surface area contributed by atoms with Gasteiger partial charge in [0.2, 0.25) is 11.8 Å². The highest BCUT2D eigenvalue weighted by atomic mass is 127. The zero-order chi connectivity index (χ0) is 42.5. The molecule has 0 spiro atoms. The standard InChI is InChI=1S/C44H44I2N4O10/c45-25-11-15-27(16-12-25)47-39(53)35(19-21-37(51)59-29-7-3-1-4-8-29)49-41(55)31-23-33-34(24-32(31)42(49)56)44(58)50(43(33)57)36(40(54)48-28-17-13-26(46)14-18-28)20-22-38(52)60-30-9-5-2-6-10-30/h11-18,23-24,29-30,35-36H,1-10,19-22H2,(H,47,53)(H,48,54)/t35-,36-/m0/s1. The summed E-state index contributed by atoms with van der Waals surface area (Å²) in [6, 6.07) is 13.1. The Morgan fingerprint density at radius 1 is 0.533 bits per heavy atom. The first-order chi connectivity index (χ1) is 28.9. The van der Waals surface area contributed by atoms with Crippen molar-refractivity contribution in [2.24, 2.45) is 0 Å². The molecule has 2 aliphatic rings. The molecule has 14 nitrogen and oxygen atoms in total. The molecule has 0 saturated heterocycles. The van der Waals surface area contributed by atoms with Crippen molar-refractivity contribution in [2.45, 2.75) is 114 Å². The second-order valence-corrected chi connectivity index (χ2v) is 18.0. The van der Waals surface area contributed by atoms with E-state index in [0.717, 1.165) is 92.6 Å². The molecular formula is C44H44I2N4O10. The Bertz CT molecular complexity index is 2360. The molecule has 0 unspecified atom stereocenters. The summed E-state index contributed by atoms with van der Waals surface area (Å²) in [4.78, 5) is 110. The van der Waals surface area contributed by atoms with Gasteiger partial charge in [0.15, 0.2) is 0 Å². The first kappa shape index (κ1) is 43.4. The van der Waals surface area contributed by atoms with E-state index in [9.17, 15) is 38.4 Å². The van der Waals surface area contributed by atoms with Gasteiger partial charge in [-0.15, -0.1) is 0 Å². The summed E-state index contributed by atoms with van der Waals surface area (Å²) in [6.07, 6.45) is 7.41. The Labute approximate surface area is 371 Å². The van der Waals surface area contributed by atoms with E-state index in [4.69, 9.17) is 9.47 Å². The molecule has 5 aromatic rings. The highest BCUT2D eigenvalue weighted by molar-refractivity contribution is 14.1. The molecule has 0 radical (unpaired) electrons. The van der Waals surface area contributed by atoms with Gasteiger partial charge in [-0.1, -0.05) is 12.8 Å². The van der Waals surface area contributed by atoms with Gasteiger partial charge in [-0.2, -0.15) is 0 Å². The van der Waals surface area contributed by atoms with E-state index in [-0.39, 0.29) is 59.4 Å². The van der Waals surface area contributed by atoms with Crippen LogP contribution in [0.3, 0.4) is 0 Å².